The van der Waals surface area contributed by atoms with E-state index in [2.05, 4.69) is 4.74 Å². The van der Waals surface area contributed by atoms with E-state index in [4.69, 9.17) is 5.73 Å². The van der Waals surface area contributed by atoms with Gasteiger partial charge in [0.2, 0.25) is 0 Å². The minimum absolute atomic E-state index is 0.184. The zero-order valence-electron chi connectivity index (χ0n) is 13.7. The van der Waals surface area contributed by atoms with Crippen molar-refractivity contribution in [1.82, 2.24) is 4.90 Å². The van der Waals surface area contributed by atoms with E-state index >= 15 is 0 Å². The first-order chi connectivity index (χ1) is 11.0. The summed E-state index contributed by atoms with van der Waals surface area (Å²) in [6, 6.07) is 6.72. The fraction of sp³-hybridized carbons (Fsp3) is 0.471. The van der Waals surface area contributed by atoms with Gasteiger partial charge in [-0.2, -0.15) is 0 Å². The summed E-state index contributed by atoms with van der Waals surface area (Å²) in [4.78, 5) is 36.3. The number of methoxy groups -OCH3 is 1. The maximum Gasteiger partial charge on any atom is 0.309 e. The van der Waals surface area contributed by atoms with Crippen molar-refractivity contribution in [2.24, 2.45) is 11.7 Å². The Labute approximate surface area is 136 Å². The molecule has 0 aliphatic carbocycles. The van der Waals surface area contributed by atoms with E-state index in [1.807, 2.05) is 0 Å². The summed E-state index contributed by atoms with van der Waals surface area (Å²) in [5.74, 6) is -0.773. The molecule has 1 aromatic carbocycles. The van der Waals surface area contributed by atoms with Crippen LogP contribution in [0.15, 0.2) is 24.3 Å². The van der Waals surface area contributed by atoms with E-state index in [0.29, 0.717) is 30.4 Å². The van der Waals surface area contributed by atoms with E-state index in [9.17, 15) is 14.4 Å². The summed E-state index contributed by atoms with van der Waals surface area (Å²) in [6.45, 7) is 0.804. The van der Waals surface area contributed by atoms with Gasteiger partial charge in [0.1, 0.15) is 0 Å². The number of hydrogen-bond acceptors (Lipinski definition) is 5. The molecule has 1 atom stereocenters. The molecule has 0 heterocycles. The highest BCUT2D eigenvalue weighted by atomic mass is 16.5. The average molecular weight is 320 g/mol. The number of ether oxygens (including phenoxy) is 1. The van der Waals surface area contributed by atoms with Gasteiger partial charge in [-0.3, -0.25) is 14.4 Å². The summed E-state index contributed by atoms with van der Waals surface area (Å²) in [5, 5.41) is 0. The number of carbonyl (C=O) groups is 3. The van der Waals surface area contributed by atoms with Crippen LogP contribution in [0.2, 0.25) is 0 Å². The molecule has 0 fully saturated rings. The zero-order chi connectivity index (χ0) is 17.2. The molecule has 0 bridgehead atoms. The summed E-state index contributed by atoms with van der Waals surface area (Å²) < 4.78 is 4.69. The number of nitrogens with two attached hydrogens (primary N) is 1. The molecule has 1 aromatic rings. The van der Waals surface area contributed by atoms with Crippen LogP contribution >= 0.6 is 0 Å². The van der Waals surface area contributed by atoms with Crippen molar-refractivity contribution in [2.75, 3.05) is 27.2 Å². The largest absolute Gasteiger partial charge is 0.469 e. The van der Waals surface area contributed by atoms with Crippen molar-refractivity contribution in [3.05, 3.63) is 35.4 Å². The molecule has 23 heavy (non-hydrogen) atoms. The number of amides is 1. The minimum atomic E-state index is -0.295. The number of nitrogens with zero attached hydrogens (tertiary/aromatic N) is 1. The minimum Gasteiger partial charge on any atom is -0.469 e. The SMILES string of the molecule is COC(=O)C(CN)CCCCN(C)C(=O)c1ccccc1C=O. The Hall–Kier alpha value is -2.21. The first-order valence-corrected chi connectivity index (χ1v) is 7.62. The molecule has 0 aliphatic heterocycles. The lowest BCUT2D eigenvalue weighted by atomic mass is 10.0. The standard InChI is InChI=1S/C17H24N2O4/c1-19(10-6-5-7-13(11-18)17(22)23-2)16(21)15-9-4-3-8-14(15)12-20/h3-4,8-9,12-13H,5-7,10-11,18H2,1-2H3. The first-order valence-electron chi connectivity index (χ1n) is 7.62. The van der Waals surface area contributed by atoms with Crippen molar-refractivity contribution in [1.29, 1.82) is 0 Å². The van der Waals surface area contributed by atoms with Gasteiger partial charge in [-0.05, 0) is 18.9 Å². The molecular formula is C17H24N2O4. The lowest BCUT2D eigenvalue weighted by molar-refractivity contribution is -0.145. The Morgan fingerprint density at radius 3 is 2.61 bits per heavy atom. The fourth-order valence-electron chi connectivity index (χ4n) is 2.34. The van der Waals surface area contributed by atoms with E-state index in [1.54, 1.807) is 36.2 Å². The topological polar surface area (TPSA) is 89.7 Å². The monoisotopic (exact) mass is 320 g/mol. The molecular weight excluding hydrogens is 296 g/mol. The Bertz CT molecular complexity index is 545. The van der Waals surface area contributed by atoms with Crippen LogP contribution in [-0.4, -0.2) is 50.3 Å². The van der Waals surface area contributed by atoms with Crippen LogP contribution in [0.1, 0.15) is 40.0 Å². The van der Waals surface area contributed by atoms with Crippen molar-refractivity contribution < 1.29 is 19.1 Å². The number of benzene rings is 1. The van der Waals surface area contributed by atoms with Crippen LogP contribution in [0.4, 0.5) is 0 Å². The molecule has 1 unspecified atom stereocenters. The first kappa shape index (κ1) is 18.8. The van der Waals surface area contributed by atoms with E-state index in [-0.39, 0.29) is 24.3 Å². The van der Waals surface area contributed by atoms with Gasteiger partial charge in [-0.1, -0.05) is 24.6 Å². The lowest BCUT2D eigenvalue weighted by Gasteiger charge is -2.18. The second kappa shape index (κ2) is 9.74. The van der Waals surface area contributed by atoms with Gasteiger partial charge >= 0.3 is 5.97 Å². The van der Waals surface area contributed by atoms with Gasteiger partial charge in [0.25, 0.3) is 5.91 Å². The molecule has 2 N–H and O–H groups in total. The summed E-state index contributed by atoms with van der Waals surface area (Å²) in [7, 11) is 3.05. The van der Waals surface area contributed by atoms with Crippen LogP contribution in [0.25, 0.3) is 0 Å². The quantitative estimate of drug-likeness (QED) is 0.423. The zero-order valence-corrected chi connectivity index (χ0v) is 13.7. The van der Waals surface area contributed by atoms with Crippen LogP contribution in [0.3, 0.4) is 0 Å². The molecule has 0 radical (unpaired) electrons. The maximum atomic E-state index is 12.3. The summed E-state index contributed by atoms with van der Waals surface area (Å²) in [5.41, 5.74) is 6.34. The molecule has 0 saturated carbocycles. The molecule has 0 aliphatic rings. The molecule has 126 valence electrons. The number of hydrogen-bond donors (Lipinski definition) is 1. The Balaban J connectivity index is 2.47. The summed E-state index contributed by atoms with van der Waals surface area (Å²) in [6.07, 6.45) is 2.84. The van der Waals surface area contributed by atoms with Gasteiger partial charge in [0.05, 0.1) is 18.6 Å². The molecule has 1 rings (SSSR count). The van der Waals surface area contributed by atoms with E-state index < -0.39 is 0 Å². The van der Waals surface area contributed by atoms with Crippen molar-refractivity contribution in [3.8, 4) is 0 Å². The van der Waals surface area contributed by atoms with Crippen molar-refractivity contribution in [2.45, 2.75) is 19.3 Å². The maximum absolute atomic E-state index is 12.3. The molecule has 0 saturated heterocycles. The van der Waals surface area contributed by atoms with Crippen LogP contribution in [0, 0.1) is 5.92 Å². The lowest BCUT2D eigenvalue weighted by Crippen LogP contribution is -2.29. The Morgan fingerprint density at radius 2 is 2.00 bits per heavy atom. The highest BCUT2D eigenvalue weighted by Gasteiger charge is 2.18. The van der Waals surface area contributed by atoms with Gasteiger partial charge in [-0.25, -0.2) is 0 Å². The van der Waals surface area contributed by atoms with E-state index in [0.717, 1.165) is 12.8 Å². The van der Waals surface area contributed by atoms with Gasteiger partial charge in [-0.15, -0.1) is 0 Å². The molecule has 0 aromatic heterocycles. The molecule has 6 heteroatoms. The van der Waals surface area contributed by atoms with Crippen molar-refractivity contribution >= 4 is 18.2 Å². The Kier molecular flexibility index (Phi) is 7.97. The third kappa shape index (κ3) is 5.49. The molecule has 1 amide bonds. The predicted molar refractivity (Wildman–Crippen MR) is 87.2 cm³/mol. The fourth-order valence-corrected chi connectivity index (χ4v) is 2.34. The second-order valence-corrected chi connectivity index (χ2v) is 5.38. The van der Waals surface area contributed by atoms with Crippen molar-refractivity contribution in [3.63, 3.8) is 0 Å². The van der Waals surface area contributed by atoms with Gasteiger partial charge < -0.3 is 15.4 Å². The third-order valence-electron chi connectivity index (χ3n) is 3.78. The highest BCUT2D eigenvalue weighted by Crippen LogP contribution is 2.12. The predicted octanol–water partition coefficient (Wildman–Crippen LogP) is 1.49. The molecule has 0 spiro atoms. The number of aldehydes is 1. The second-order valence-electron chi connectivity index (χ2n) is 5.38. The van der Waals surface area contributed by atoms with Gasteiger partial charge in [0.15, 0.2) is 6.29 Å². The van der Waals surface area contributed by atoms with E-state index in [1.165, 1.54) is 7.11 Å². The van der Waals surface area contributed by atoms with Crippen LogP contribution in [0.5, 0.6) is 0 Å². The smallest absolute Gasteiger partial charge is 0.309 e. The molecule has 6 nitrogen and oxygen atoms in total. The number of carbonyl (C=O) groups excluding carboxylic acids is 3. The number of rotatable bonds is 9. The number of esters is 1. The normalized spacial score (nSPS) is 11.6. The third-order valence-corrected chi connectivity index (χ3v) is 3.78. The Morgan fingerprint density at radius 1 is 1.30 bits per heavy atom. The van der Waals surface area contributed by atoms with Crippen LogP contribution in [-0.2, 0) is 9.53 Å². The van der Waals surface area contributed by atoms with Crippen LogP contribution < -0.4 is 5.73 Å². The number of unbranched alkanes of at least 4 members (excludes halogenated alkanes) is 1. The summed E-state index contributed by atoms with van der Waals surface area (Å²) >= 11 is 0. The highest BCUT2D eigenvalue weighted by molar-refractivity contribution is 6.01. The van der Waals surface area contributed by atoms with Gasteiger partial charge in [0, 0.05) is 25.7 Å². The average Bonchev–Trinajstić information content (AvgIpc) is 2.60.